The Balaban J connectivity index is 1.66. The lowest BCUT2D eigenvalue weighted by Gasteiger charge is -2.35. The number of methoxy groups -OCH3 is 3. The number of carbonyl (C=O) groups is 1. The SMILES string of the molecule is COc1cc(OC)c(OC)cc1/C=C/C(=O)N1CCN(c2cccc(Cl)c2)CC1. The molecule has 0 bridgehead atoms. The first-order chi connectivity index (χ1) is 14.0. The van der Waals surface area contributed by atoms with Gasteiger partial charge in [0.25, 0.3) is 0 Å². The van der Waals surface area contributed by atoms with Gasteiger partial charge in [-0.15, -0.1) is 0 Å². The minimum atomic E-state index is -0.0346. The number of rotatable bonds is 6. The monoisotopic (exact) mass is 416 g/mol. The van der Waals surface area contributed by atoms with Gasteiger partial charge in [-0.05, 0) is 30.3 Å². The van der Waals surface area contributed by atoms with Gasteiger partial charge >= 0.3 is 0 Å². The summed E-state index contributed by atoms with van der Waals surface area (Å²) < 4.78 is 16.0. The van der Waals surface area contributed by atoms with E-state index in [1.54, 1.807) is 45.6 Å². The van der Waals surface area contributed by atoms with Crippen LogP contribution in [0.25, 0.3) is 6.08 Å². The molecule has 1 saturated heterocycles. The third-order valence-corrected chi connectivity index (χ3v) is 5.14. The molecule has 0 saturated carbocycles. The zero-order chi connectivity index (χ0) is 20.8. The van der Waals surface area contributed by atoms with Gasteiger partial charge in [-0.1, -0.05) is 17.7 Å². The smallest absolute Gasteiger partial charge is 0.246 e. The quantitative estimate of drug-likeness (QED) is 0.671. The topological polar surface area (TPSA) is 51.2 Å². The van der Waals surface area contributed by atoms with Crippen LogP contribution in [0.4, 0.5) is 5.69 Å². The van der Waals surface area contributed by atoms with Gasteiger partial charge in [0.15, 0.2) is 11.5 Å². The van der Waals surface area contributed by atoms with E-state index in [0.717, 1.165) is 24.3 Å². The van der Waals surface area contributed by atoms with Crippen LogP contribution >= 0.6 is 11.6 Å². The highest BCUT2D eigenvalue weighted by Crippen LogP contribution is 2.35. The Morgan fingerprint density at radius 2 is 1.59 bits per heavy atom. The van der Waals surface area contributed by atoms with E-state index in [1.807, 2.05) is 29.2 Å². The van der Waals surface area contributed by atoms with Crippen molar-refractivity contribution in [2.24, 2.45) is 0 Å². The number of nitrogens with zero attached hydrogens (tertiary/aromatic N) is 2. The summed E-state index contributed by atoms with van der Waals surface area (Å²) in [7, 11) is 4.72. The predicted molar refractivity (Wildman–Crippen MR) is 115 cm³/mol. The van der Waals surface area contributed by atoms with Crippen LogP contribution in [0.3, 0.4) is 0 Å². The van der Waals surface area contributed by atoms with Crippen molar-refractivity contribution in [1.29, 1.82) is 0 Å². The second-order valence-corrected chi connectivity index (χ2v) is 7.01. The second-order valence-electron chi connectivity index (χ2n) is 6.57. The predicted octanol–water partition coefficient (Wildman–Crippen LogP) is 3.73. The van der Waals surface area contributed by atoms with Crippen molar-refractivity contribution in [2.75, 3.05) is 52.4 Å². The first-order valence-corrected chi connectivity index (χ1v) is 9.71. The number of hydrogen-bond donors (Lipinski definition) is 0. The molecule has 1 fully saturated rings. The molecular weight excluding hydrogens is 392 g/mol. The summed E-state index contributed by atoms with van der Waals surface area (Å²) in [5.74, 6) is 1.73. The van der Waals surface area contributed by atoms with Crippen molar-refractivity contribution in [3.63, 3.8) is 0 Å². The van der Waals surface area contributed by atoms with Gasteiger partial charge in [-0.3, -0.25) is 4.79 Å². The van der Waals surface area contributed by atoms with E-state index in [0.29, 0.717) is 35.4 Å². The summed E-state index contributed by atoms with van der Waals surface area (Å²) in [4.78, 5) is 16.7. The molecule has 2 aromatic rings. The Hall–Kier alpha value is -2.86. The molecular formula is C22H25ClN2O4. The van der Waals surface area contributed by atoms with Crippen LogP contribution in [-0.2, 0) is 4.79 Å². The third kappa shape index (κ3) is 4.95. The lowest BCUT2D eigenvalue weighted by atomic mass is 10.1. The Bertz CT molecular complexity index is 892. The van der Waals surface area contributed by atoms with Gasteiger partial charge in [-0.25, -0.2) is 0 Å². The Morgan fingerprint density at radius 1 is 0.931 bits per heavy atom. The standard InChI is InChI=1S/C22H25ClN2O4/c1-27-19-15-21(29-3)20(28-2)13-16(19)7-8-22(26)25-11-9-24(10-12-25)18-6-4-5-17(23)14-18/h4-8,13-15H,9-12H2,1-3H3/b8-7+. The summed E-state index contributed by atoms with van der Waals surface area (Å²) in [6.07, 6.45) is 3.31. The largest absolute Gasteiger partial charge is 0.496 e. The van der Waals surface area contributed by atoms with Gasteiger partial charge in [-0.2, -0.15) is 0 Å². The molecule has 1 aliphatic rings. The summed E-state index contributed by atoms with van der Waals surface area (Å²) in [6.45, 7) is 2.83. The molecule has 0 atom stereocenters. The molecule has 6 nitrogen and oxygen atoms in total. The fourth-order valence-electron chi connectivity index (χ4n) is 3.31. The van der Waals surface area contributed by atoms with E-state index in [-0.39, 0.29) is 5.91 Å². The Kier molecular flexibility index (Phi) is 6.88. The van der Waals surface area contributed by atoms with Crippen molar-refractivity contribution in [3.8, 4) is 17.2 Å². The highest BCUT2D eigenvalue weighted by atomic mass is 35.5. The molecule has 0 radical (unpaired) electrons. The van der Waals surface area contributed by atoms with Crippen LogP contribution in [0.1, 0.15) is 5.56 Å². The lowest BCUT2D eigenvalue weighted by molar-refractivity contribution is -0.126. The maximum absolute atomic E-state index is 12.6. The molecule has 0 aliphatic carbocycles. The molecule has 2 aromatic carbocycles. The van der Waals surface area contributed by atoms with Gasteiger partial charge < -0.3 is 24.0 Å². The summed E-state index contributed by atoms with van der Waals surface area (Å²) in [6, 6.07) is 11.3. The van der Waals surface area contributed by atoms with Crippen LogP contribution in [0.2, 0.25) is 5.02 Å². The highest BCUT2D eigenvalue weighted by molar-refractivity contribution is 6.30. The van der Waals surface area contributed by atoms with Crippen LogP contribution in [0, 0.1) is 0 Å². The first-order valence-electron chi connectivity index (χ1n) is 9.33. The number of piperazine rings is 1. The van der Waals surface area contributed by atoms with Crippen molar-refractivity contribution in [1.82, 2.24) is 4.90 Å². The van der Waals surface area contributed by atoms with Crippen molar-refractivity contribution in [2.45, 2.75) is 0 Å². The molecule has 3 rings (SSSR count). The van der Waals surface area contributed by atoms with E-state index in [4.69, 9.17) is 25.8 Å². The Labute approximate surface area is 176 Å². The lowest BCUT2D eigenvalue weighted by Crippen LogP contribution is -2.48. The van der Waals surface area contributed by atoms with Crippen LogP contribution < -0.4 is 19.1 Å². The van der Waals surface area contributed by atoms with Gasteiger partial charge in [0, 0.05) is 54.6 Å². The maximum atomic E-state index is 12.6. The van der Waals surface area contributed by atoms with E-state index in [1.165, 1.54) is 0 Å². The summed E-state index contributed by atoms with van der Waals surface area (Å²) >= 11 is 6.08. The van der Waals surface area contributed by atoms with Gasteiger partial charge in [0.1, 0.15) is 5.75 Å². The van der Waals surface area contributed by atoms with Crippen LogP contribution in [-0.4, -0.2) is 58.3 Å². The number of ether oxygens (including phenoxy) is 3. The van der Waals surface area contributed by atoms with E-state index < -0.39 is 0 Å². The number of carbonyl (C=O) groups excluding carboxylic acids is 1. The first kappa shape index (κ1) is 20.9. The molecule has 7 heteroatoms. The van der Waals surface area contributed by atoms with Crippen LogP contribution in [0.5, 0.6) is 17.2 Å². The zero-order valence-electron chi connectivity index (χ0n) is 16.9. The molecule has 0 spiro atoms. The number of halogens is 1. The number of amides is 1. The number of anilines is 1. The van der Waals surface area contributed by atoms with Gasteiger partial charge in [0.05, 0.1) is 21.3 Å². The molecule has 1 amide bonds. The molecule has 0 N–H and O–H groups in total. The molecule has 1 heterocycles. The average molecular weight is 417 g/mol. The van der Waals surface area contributed by atoms with Crippen molar-refractivity contribution in [3.05, 3.63) is 53.1 Å². The zero-order valence-corrected chi connectivity index (χ0v) is 17.6. The molecule has 0 unspecified atom stereocenters. The Morgan fingerprint density at radius 3 is 2.21 bits per heavy atom. The molecule has 154 valence electrons. The van der Waals surface area contributed by atoms with Gasteiger partial charge in [0.2, 0.25) is 5.91 Å². The summed E-state index contributed by atoms with van der Waals surface area (Å²) in [5, 5.41) is 0.716. The highest BCUT2D eigenvalue weighted by Gasteiger charge is 2.20. The summed E-state index contributed by atoms with van der Waals surface area (Å²) in [5.41, 5.74) is 1.83. The normalized spacial score (nSPS) is 14.2. The second kappa shape index (κ2) is 9.56. The third-order valence-electron chi connectivity index (χ3n) is 4.91. The minimum absolute atomic E-state index is 0.0346. The van der Waals surface area contributed by atoms with E-state index >= 15 is 0 Å². The fraction of sp³-hybridized carbons (Fsp3) is 0.318. The fourth-order valence-corrected chi connectivity index (χ4v) is 3.49. The number of benzene rings is 2. The number of hydrogen-bond acceptors (Lipinski definition) is 5. The van der Waals surface area contributed by atoms with Crippen LogP contribution in [0.15, 0.2) is 42.5 Å². The average Bonchev–Trinajstić information content (AvgIpc) is 2.76. The van der Waals surface area contributed by atoms with E-state index in [9.17, 15) is 4.79 Å². The minimum Gasteiger partial charge on any atom is -0.496 e. The van der Waals surface area contributed by atoms with E-state index in [2.05, 4.69) is 4.90 Å². The maximum Gasteiger partial charge on any atom is 0.246 e. The molecule has 1 aliphatic heterocycles. The molecule has 29 heavy (non-hydrogen) atoms. The molecule has 0 aromatic heterocycles. The van der Waals surface area contributed by atoms with Crippen molar-refractivity contribution >= 4 is 29.3 Å². The van der Waals surface area contributed by atoms with Crippen molar-refractivity contribution < 1.29 is 19.0 Å².